The number of primary amides is 1. The van der Waals surface area contributed by atoms with Gasteiger partial charge in [0, 0.05) is 48.4 Å². The topological polar surface area (TPSA) is 103 Å². The van der Waals surface area contributed by atoms with Crippen LogP contribution in [-0.4, -0.2) is 34.5 Å². The quantitative estimate of drug-likeness (QED) is 0.411. The first-order chi connectivity index (χ1) is 16.2. The van der Waals surface area contributed by atoms with Gasteiger partial charge in [-0.1, -0.05) is 30.3 Å². The number of carbonyl (C=O) groups excluding carboxylic acids is 1. The summed E-state index contributed by atoms with van der Waals surface area (Å²) in [7, 11) is 1.63. The van der Waals surface area contributed by atoms with Crippen LogP contribution >= 0.6 is 0 Å². The van der Waals surface area contributed by atoms with Gasteiger partial charge >= 0.3 is 0 Å². The lowest BCUT2D eigenvalue weighted by atomic mass is 9.91. The number of methoxy groups -OCH3 is 1. The number of rotatable bonds is 9. The summed E-state index contributed by atoms with van der Waals surface area (Å²) < 4.78 is 5.35. The number of nitrogens with one attached hydrogen (secondary N) is 1. The number of nitrogens with zero attached hydrogens (tertiary/aromatic N) is 3. The predicted molar refractivity (Wildman–Crippen MR) is 128 cm³/mol. The second kappa shape index (κ2) is 10.4. The van der Waals surface area contributed by atoms with E-state index in [0.29, 0.717) is 29.9 Å². The fraction of sp³-hybridized carbons (Fsp3) is 0.154. The van der Waals surface area contributed by atoms with Gasteiger partial charge in [-0.2, -0.15) is 0 Å². The Morgan fingerprint density at radius 1 is 1.06 bits per heavy atom. The van der Waals surface area contributed by atoms with Gasteiger partial charge in [-0.05, 0) is 42.0 Å². The lowest BCUT2D eigenvalue weighted by Crippen LogP contribution is -2.24. The molecule has 7 nitrogen and oxygen atoms in total. The first kappa shape index (κ1) is 22.0. The van der Waals surface area contributed by atoms with Gasteiger partial charge < -0.3 is 15.8 Å². The molecule has 0 aliphatic heterocycles. The highest BCUT2D eigenvalue weighted by atomic mass is 16.5. The van der Waals surface area contributed by atoms with Crippen LogP contribution in [0.5, 0.6) is 5.75 Å². The number of anilines is 1. The van der Waals surface area contributed by atoms with Crippen molar-refractivity contribution < 1.29 is 9.53 Å². The minimum absolute atomic E-state index is 0.466. The zero-order valence-electron chi connectivity index (χ0n) is 18.3. The Hall–Kier alpha value is -4.26. The summed E-state index contributed by atoms with van der Waals surface area (Å²) in [4.78, 5) is 25.9. The molecule has 0 radical (unpaired) electrons. The summed E-state index contributed by atoms with van der Waals surface area (Å²) in [5.74, 6) is 0.196. The Balaban J connectivity index is 1.71. The molecular formula is C26H25N5O2. The largest absolute Gasteiger partial charge is 0.497 e. The van der Waals surface area contributed by atoms with Gasteiger partial charge in [-0.15, -0.1) is 0 Å². The molecule has 3 aromatic heterocycles. The SMILES string of the molecule is COc1cccc(-c2ccc(C(C(N)=O)c3cccnc3)c(NCCc3ccccn3)n2)c1. The molecule has 166 valence electrons. The number of aromatic nitrogens is 3. The van der Waals surface area contributed by atoms with Gasteiger partial charge in [0.05, 0.1) is 18.7 Å². The maximum Gasteiger partial charge on any atom is 0.229 e. The van der Waals surface area contributed by atoms with Crippen LogP contribution in [0, 0.1) is 0 Å². The number of hydrogen-bond donors (Lipinski definition) is 2. The van der Waals surface area contributed by atoms with Crippen molar-refractivity contribution in [2.45, 2.75) is 12.3 Å². The molecule has 1 aromatic carbocycles. The van der Waals surface area contributed by atoms with Gasteiger partial charge in [0.1, 0.15) is 11.6 Å². The molecule has 33 heavy (non-hydrogen) atoms. The molecule has 0 spiro atoms. The van der Waals surface area contributed by atoms with Crippen molar-refractivity contribution >= 4 is 11.7 Å². The second-order valence-corrected chi connectivity index (χ2v) is 7.49. The number of ether oxygens (including phenoxy) is 1. The number of hydrogen-bond acceptors (Lipinski definition) is 6. The van der Waals surface area contributed by atoms with E-state index < -0.39 is 11.8 Å². The van der Waals surface area contributed by atoms with Gasteiger partial charge in [0.25, 0.3) is 0 Å². The van der Waals surface area contributed by atoms with Crippen LogP contribution in [-0.2, 0) is 11.2 Å². The highest BCUT2D eigenvalue weighted by molar-refractivity contribution is 5.87. The van der Waals surface area contributed by atoms with E-state index in [4.69, 9.17) is 15.5 Å². The van der Waals surface area contributed by atoms with Crippen LogP contribution in [0.1, 0.15) is 22.7 Å². The van der Waals surface area contributed by atoms with Crippen LogP contribution in [0.25, 0.3) is 11.3 Å². The standard InChI is InChI=1S/C26H25N5O2/c1-33-21-9-4-6-18(16-21)23-11-10-22(24(25(27)32)19-7-5-13-28-17-19)26(31-23)30-15-12-20-8-2-3-14-29-20/h2-11,13-14,16-17,24H,12,15H2,1H3,(H2,27,32)(H,30,31). The molecule has 0 saturated carbocycles. The van der Waals surface area contributed by atoms with E-state index in [1.165, 1.54) is 0 Å². The fourth-order valence-corrected chi connectivity index (χ4v) is 3.69. The highest BCUT2D eigenvalue weighted by Crippen LogP contribution is 2.32. The van der Waals surface area contributed by atoms with Crippen molar-refractivity contribution in [1.82, 2.24) is 15.0 Å². The van der Waals surface area contributed by atoms with Gasteiger partial charge in [0.15, 0.2) is 0 Å². The normalized spacial score (nSPS) is 11.5. The van der Waals surface area contributed by atoms with Crippen LogP contribution < -0.4 is 15.8 Å². The van der Waals surface area contributed by atoms with E-state index in [0.717, 1.165) is 22.7 Å². The van der Waals surface area contributed by atoms with E-state index in [-0.39, 0.29) is 0 Å². The molecule has 1 unspecified atom stereocenters. The smallest absolute Gasteiger partial charge is 0.229 e. The van der Waals surface area contributed by atoms with Crippen LogP contribution in [0.3, 0.4) is 0 Å². The van der Waals surface area contributed by atoms with Crippen molar-refractivity contribution in [3.8, 4) is 17.0 Å². The number of carbonyl (C=O) groups is 1. The third kappa shape index (κ3) is 5.33. The fourth-order valence-electron chi connectivity index (χ4n) is 3.69. The summed E-state index contributed by atoms with van der Waals surface area (Å²) in [6, 6.07) is 20.9. The predicted octanol–water partition coefficient (Wildman–Crippen LogP) is 3.82. The zero-order valence-corrected chi connectivity index (χ0v) is 18.3. The first-order valence-corrected chi connectivity index (χ1v) is 10.6. The number of benzene rings is 1. The number of nitrogens with two attached hydrogens (primary N) is 1. The summed E-state index contributed by atoms with van der Waals surface area (Å²) in [5.41, 5.74) is 9.87. The maximum absolute atomic E-state index is 12.5. The van der Waals surface area contributed by atoms with Crippen molar-refractivity contribution in [3.05, 3.63) is 102 Å². The van der Waals surface area contributed by atoms with Gasteiger partial charge in [-0.3, -0.25) is 14.8 Å². The summed E-state index contributed by atoms with van der Waals surface area (Å²) in [6.07, 6.45) is 5.80. The van der Waals surface area contributed by atoms with Crippen LogP contribution in [0.2, 0.25) is 0 Å². The Kier molecular flexibility index (Phi) is 6.90. The van der Waals surface area contributed by atoms with Crippen LogP contribution in [0.4, 0.5) is 5.82 Å². The van der Waals surface area contributed by atoms with Crippen LogP contribution in [0.15, 0.2) is 85.3 Å². The van der Waals surface area contributed by atoms with E-state index >= 15 is 0 Å². The molecule has 0 fully saturated rings. The molecule has 7 heteroatoms. The van der Waals surface area contributed by atoms with Crippen molar-refractivity contribution in [2.75, 3.05) is 19.0 Å². The molecule has 0 aliphatic rings. The number of amides is 1. The molecule has 0 saturated heterocycles. The maximum atomic E-state index is 12.5. The highest BCUT2D eigenvalue weighted by Gasteiger charge is 2.24. The Labute approximate surface area is 192 Å². The molecule has 0 bridgehead atoms. The molecule has 3 heterocycles. The monoisotopic (exact) mass is 439 g/mol. The van der Waals surface area contributed by atoms with Gasteiger partial charge in [0.2, 0.25) is 5.91 Å². The lowest BCUT2D eigenvalue weighted by Gasteiger charge is -2.19. The second-order valence-electron chi connectivity index (χ2n) is 7.49. The van der Waals surface area contributed by atoms with Gasteiger partial charge in [-0.25, -0.2) is 4.98 Å². The molecule has 3 N–H and O–H groups in total. The third-order valence-electron chi connectivity index (χ3n) is 5.30. The van der Waals surface area contributed by atoms with E-state index in [9.17, 15) is 4.79 Å². The zero-order chi connectivity index (χ0) is 23.0. The van der Waals surface area contributed by atoms with Crippen molar-refractivity contribution in [3.63, 3.8) is 0 Å². The van der Waals surface area contributed by atoms with Crippen molar-refractivity contribution in [2.24, 2.45) is 5.73 Å². The molecule has 1 amide bonds. The van der Waals surface area contributed by atoms with Crippen molar-refractivity contribution in [1.29, 1.82) is 0 Å². The van der Waals surface area contributed by atoms with E-state index in [1.54, 1.807) is 31.8 Å². The minimum atomic E-state index is -0.678. The molecular weight excluding hydrogens is 414 g/mol. The van der Waals surface area contributed by atoms with E-state index in [2.05, 4.69) is 15.3 Å². The summed E-state index contributed by atoms with van der Waals surface area (Å²) >= 11 is 0. The minimum Gasteiger partial charge on any atom is -0.497 e. The van der Waals surface area contributed by atoms with E-state index in [1.807, 2.05) is 60.7 Å². The molecule has 4 aromatic rings. The number of pyridine rings is 3. The summed E-state index contributed by atoms with van der Waals surface area (Å²) in [5, 5.41) is 3.40. The third-order valence-corrected chi connectivity index (χ3v) is 5.30. The Bertz CT molecular complexity index is 1220. The average Bonchev–Trinajstić information content (AvgIpc) is 2.86. The first-order valence-electron chi connectivity index (χ1n) is 10.6. The Morgan fingerprint density at radius 2 is 1.97 bits per heavy atom. The molecule has 4 rings (SSSR count). The molecule has 1 atom stereocenters. The summed E-state index contributed by atoms with van der Waals surface area (Å²) in [6.45, 7) is 0.594. The lowest BCUT2D eigenvalue weighted by molar-refractivity contribution is -0.118. The molecule has 0 aliphatic carbocycles. The average molecular weight is 440 g/mol. The Morgan fingerprint density at radius 3 is 2.70 bits per heavy atom.